The smallest absolute Gasteiger partial charge is 0.461 e. The van der Waals surface area contributed by atoms with E-state index in [2.05, 4.69) is 16.9 Å². The van der Waals surface area contributed by atoms with E-state index in [0.717, 1.165) is 37.7 Å². The largest absolute Gasteiger partial charge is 0.573 e. The first kappa shape index (κ1) is 28.0. The second-order valence-electron chi connectivity index (χ2n) is 8.88. The molecule has 0 spiro atoms. The van der Waals surface area contributed by atoms with Crippen molar-refractivity contribution in [3.05, 3.63) is 65.7 Å². The Hall–Kier alpha value is -2.25. The number of ether oxygens (including phenoxy) is 2. The molecule has 1 aliphatic heterocycles. The molecule has 0 saturated carbocycles. The zero-order valence-corrected chi connectivity index (χ0v) is 20.1. The molecule has 3 rings (SSSR count). The van der Waals surface area contributed by atoms with Crippen molar-refractivity contribution in [1.82, 2.24) is 0 Å². The number of esters is 1. The van der Waals surface area contributed by atoms with Gasteiger partial charge in [0.1, 0.15) is 17.9 Å². The molecule has 0 radical (unpaired) electrons. The molecule has 34 heavy (non-hydrogen) atoms. The molecule has 1 saturated heterocycles. The van der Waals surface area contributed by atoms with Gasteiger partial charge in [-0.25, -0.2) is 0 Å². The minimum absolute atomic E-state index is 0. The van der Waals surface area contributed by atoms with Crippen molar-refractivity contribution in [2.45, 2.75) is 70.4 Å². The van der Waals surface area contributed by atoms with Crippen molar-refractivity contribution >= 4 is 18.4 Å². The first-order chi connectivity index (χ1) is 15.7. The Balaban J connectivity index is 0.00000408. The molecule has 0 amide bonds. The van der Waals surface area contributed by atoms with Crippen molar-refractivity contribution < 1.29 is 27.4 Å². The number of nitrogens with two attached hydrogens (primary N) is 1. The summed E-state index contributed by atoms with van der Waals surface area (Å²) in [6.45, 7) is 1.89. The molecule has 0 aromatic heterocycles. The molecule has 2 N–H and O–H groups in total. The summed E-state index contributed by atoms with van der Waals surface area (Å²) in [5.74, 6) is -0.269. The fourth-order valence-electron chi connectivity index (χ4n) is 4.68. The Bertz CT molecular complexity index is 877. The Morgan fingerprint density at radius 3 is 2.35 bits per heavy atom. The molecule has 2 aromatic rings. The van der Waals surface area contributed by atoms with Crippen LogP contribution in [0.15, 0.2) is 54.6 Å². The molecule has 0 bridgehead atoms. The van der Waals surface area contributed by atoms with E-state index >= 15 is 0 Å². The lowest BCUT2D eigenvalue weighted by atomic mass is 9.77. The van der Waals surface area contributed by atoms with Crippen LogP contribution in [0, 0.1) is 11.8 Å². The third-order valence-electron chi connectivity index (χ3n) is 6.41. The molecule has 0 unspecified atom stereocenters. The van der Waals surface area contributed by atoms with Gasteiger partial charge >= 0.3 is 12.3 Å². The van der Waals surface area contributed by atoms with Crippen molar-refractivity contribution in [3.63, 3.8) is 0 Å². The van der Waals surface area contributed by atoms with E-state index in [1.54, 1.807) is 12.1 Å². The Kier molecular flexibility index (Phi) is 10.7. The van der Waals surface area contributed by atoms with Gasteiger partial charge in [-0.05, 0) is 74.6 Å². The normalized spacial score (nSPS) is 23.6. The highest BCUT2D eigenvalue weighted by molar-refractivity contribution is 5.85. The first-order valence-corrected chi connectivity index (χ1v) is 11.6. The van der Waals surface area contributed by atoms with E-state index in [1.165, 1.54) is 17.7 Å². The molecule has 2 aromatic carbocycles. The summed E-state index contributed by atoms with van der Waals surface area (Å²) in [5.41, 5.74) is 8.16. The van der Waals surface area contributed by atoms with Crippen LogP contribution in [-0.4, -0.2) is 24.5 Å². The lowest BCUT2D eigenvalue weighted by Crippen LogP contribution is -2.37. The summed E-state index contributed by atoms with van der Waals surface area (Å²) in [6, 6.07) is 15.6. The topological polar surface area (TPSA) is 61.5 Å². The number of halogens is 4. The molecule has 1 fully saturated rings. The summed E-state index contributed by atoms with van der Waals surface area (Å²) in [4.78, 5) is 12.3. The van der Waals surface area contributed by atoms with Crippen molar-refractivity contribution in [2.24, 2.45) is 17.6 Å². The van der Waals surface area contributed by atoms with Gasteiger partial charge in [0, 0.05) is 5.92 Å². The maximum atomic E-state index is 12.5. The number of carbonyl (C=O) groups is 1. The average Bonchev–Trinajstić information content (AvgIpc) is 2.81. The van der Waals surface area contributed by atoms with Crippen LogP contribution in [0.3, 0.4) is 0 Å². The van der Waals surface area contributed by atoms with Gasteiger partial charge in [-0.3, -0.25) is 4.79 Å². The lowest BCUT2D eigenvalue weighted by Gasteiger charge is -2.31. The van der Waals surface area contributed by atoms with Crippen LogP contribution in [0.1, 0.15) is 50.2 Å². The fourth-order valence-corrected chi connectivity index (χ4v) is 4.68. The molecule has 0 aliphatic carbocycles. The maximum Gasteiger partial charge on any atom is 0.573 e. The highest BCUT2D eigenvalue weighted by atomic mass is 35.5. The molecule has 188 valence electrons. The lowest BCUT2D eigenvalue weighted by molar-refractivity contribution is -0.274. The molecule has 1 heterocycles. The van der Waals surface area contributed by atoms with E-state index in [9.17, 15) is 18.0 Å². The molecular weight excluding hydrogens is 467 g/mol. The minimum Gasteiger partial charge on any atom is -0.461 e. The van der Waals surface area contributed by atoms with Crippen molar-refractivity contribution in [1.29, 1.82) is 0 Å². The number of hydrogen-bond acceptors (Lipinski definition) is 4. The van der Waals surface area contributed by atoms with Crippen LogP contribution in [0.4, 0.5) is 13.2 Å². The van der Waals surface area contributed by atoms with Crippen LogP contribution in [0.2, 0.25) is 0 Å². The predicted octanol–water partition coefficient (Wildman–Crippen LogP) is 6.25. The van der Waals surface area contributed by atoms with Gasteiger partial charge in [-0.2, -0.15) is 0 Å². The number of benzene rings is 2. The van der Waals surface area contributed by atoms with Crippen LogP contribution >= 0.6 is 12.4 Å². The third kappa shape index (κ3) is 8.84. The zero-order chi connectivity index (χ0) is 23.8. The number of rotatable bonds is 7. The van der Waals surface area contributed by atoms with Gasteiger partial charge in [0.25, 0.3) is 0 Å². The first-order valence-electron chi connectivity index (χ1n) is 11.6. The van der Waals surface area contributed by atoms with E-state index in [1.807, 2.05) is 25.1 Å². The number of hydrogen-bond donors (Lipinski definition) is 1. The van der Waals surface area contributed by atoms with Crippen LogP contribution in [0.25, 0.3) is 0 Å². The zero-order valence-electron chi connectivity index (χ0n) is 19.3. The quantitative estimate of drug-likeness (QED) is 0.457. The van der Waals surface area contributed by atoms with Crippen LogP contribution < -0.4 is 10.5 Å². The van der Waals surface area contributed by atoms with Gasteiger partial charge in [0.05, 0.1) is 0 Å². The van der Waals surface area contributed by atoms with Crippen LogP contribution in [0.5, 0.6) is 5.75 Å². The molecule has 1 aliphatic rings. The van der Waals surface area contributed by atoms with Crippen molar-refractivity contribution in [2.75, 3.05) is 0 Å². The van der Waals surface area contributed by atoms with E-state index in [0.29, 0.717) is 18.8 Å². The number of alkyl halides is 3. The minimum atomic E-state index is -4.72. The SMILES string of the molecule is C[C@@H]1OC(=O)[C@@H](N)CCC[C@H](CCCc2ccccc2)[C@H]1Cc1ccc(OC(F)(F)F)cc1.Cl. The standard InChI is InChI=1S/C26H32F3NO3.ClH/c1-18-23(17-20-13-15-22(16-14-20)33-26(27,28)29)21(11-6-12-24(30)25(31)32-18)10-5-9-19-7-3-2-4-8-19;/h2-4,7-8,13-16,18,21,23-24H,5-6,9-12,17,30H2,1H3;1H/t18-,21-,23-,24-;/m0./s1. The van der Waals surface area contributed by atoms with E-state index in [-0.39, 0.29) is 36.1 Å². The second kappa shape index (κ2) is 13.0. The van der Waals surface area contributed by atoms with E-state index < -0.39 is 12.4 Å². The number of carbonyl (C=O) groups excluding carboxylic acids is 1. The van der Waals surface area contributed by atoms with E-state index in [4.69, 9.17) is 10.5 Å². The van der Waals surface area contributed by atoms with Gasteiger partial charge in [0.15, 0.2) is 0 Å². The highest BCUT2D eigenvalue weighted by Crippen LogP contribution is 2.34. The Morgan fingerprint density at radius 1 is 1.03 bits per heavy atom. The Morgan fingerprint density at radius 2 is 1.71 bits per heavy atom. The number of aryl methyl sites for hydroxylation is 1. The summed E-state index contributed by atoms with van der Waals surface area (Å²) < 4.78 is 47.1. The van der Waals surface area contributed by atoms with Gasteiger partial charge < -0.3 is 15.2 Å². The summed E-state index contributed by atoms with van der Waals surface area (Å²) >= 11 is 0. The highest BCUT2D eigenvalue weighted by Gasteiger charge is 2.33. The Labute approximate surface area is 205 Å². The van der Waals surface area contributed by atoms with Gasteiger partial charge in [0.2, 0.25) is 0 Å². The second-order valence-corrected chi connectivity index (χ2v) is 8.88. The summed E-state index contributed by atoms with van der Waals surface area (Å²) in [5, 5.41) is 0. The summed E-state index contributed by atoms with van der Waals surface area (Å²) in [6.07, 6.45) is 0.878. The monoisotopic (exact) mass is 499 g/mol. The number of cyclic esters (lactones) is 1. The van der Waals surface area contributed by atoms with Crippen LogP contribution in [-0.2, 0) is 22.4 Å². The molecular formula is C26H33ClF3NO3. The van der Waals surface area contributed by atoms with Gasteiger partial charge in [-0.15, -0.1) is 25.6 Å². The predicted molar refractivity (Wildman–Crippen MR) is 128 cm³/mol. The average molecular weight is 500 g/mol. The van der Waals surface area contributed by atoms with Crippen molar-refractivity contribution in [3.8, 4) is 5.75 Å². The molecule has 4 atom stereocenters. The molecule has 4 nitrogen and oxygen atoms in total. The molecule has 8 heteroatoms. The summed E-state index contributed by atoms with van der Waals surface area (Å²) in [7, 11) is 0. The fraction of sp³-hybridized carbons (Fsp3) is 0.500. The maximum absolute atomic E-state index is 12.5. The van der Waals surface area contributed by atoms with Gasteiger partial charge in [-0.1, -0.05) is 48.9 Å². The third-order valence-corrected chi connectivity index (χ3v) is 6.41.